The number of nitrogens with one attached hydrogen (secondary N) is 1. The lowest BCUT2D eigenvalue weighted by Crippen LogP contribution is -2.25. The van der Waals surface area contributed by atoms with Crippen molar-refractivity contribution < 1.29 is 12.8 Å². The number of sulfone groups is 1. The minimum Gasteiger partial charge on any atom is -0.464 e. The van der Waals surface area contributed by atoms with Crippen LogP contribution >= 0.6 is 0 Å². The van der Waals surface area contributed by atoms with Gasteiger partial charge in [-0.2, -0.15) is 0 Å². The molecule has 1 heterocycles. The summed E-state index contributed by atoms with van der Waals surface area (Å²) in [6, 6.07) is 3.92. The van der Waals surface area contributed by atoms with Crippen molar-refractivity contribution in [3.63, 3.8) is 0 Å². The van der Waals surface area contributed by atoms with Gasteiger partial charge in [-0.05, 0) is 19.1 Å². The lowest BCUT2D eigenvalue weighted by molar-refractivity contribution is 0.413. The molecule has 0 saturated heterocycles. The predicted molar refractivity (Wildman–Crippen MR) is 64.2 cm³/mol. The molecule has 92 valence electrons. The first-order valence-electron chi connectivity index (χ1n) is 5.42. The molecular formula is C11H19NO3S. The van der Waals surface area contributed by atoms with Gasteiger partial charge in [0, 0.05) is 19.2 Å². The molecule has 0 saturated carbocycles. The van der Waals surface area contributed by atoms with E-state index in [2.05, 4.69) is 5.32 Å². The van der Waals surface area contributed by atoms with Crippen LogP contribution in [-0.2, 0) is 16.3 Å². The van der Waals surface area contributed by atoms with Crippen LogP contribution in [0, 0.1) is 0 Å². The van der Waals surface area contributed by atoms with Crippen LogP contribution < -0.4 is 5.32 Å². The van der Waals surface area contributed by atoms with Gasteiger partial charge < -0.3 is 9.73 Å². The zero-order chi connectivity index (χ0) is 12.2. The molecule has 0 aliphatic carbocycles. The summed E-state index contributed by atoms with van der Waals surface area (Å²) in [7, 11) is -2.89. The van der Waals surface area contributed by atoms with Crippen molar-refractivity contribution in [2.45, 2.75) is 26.3 Å². The Morgan fingerprint density at radius 1 is 1.44 bits per heavy atom. The van der Waals surface area contributed by atoms with E-state index in [1.165, 1.54) is 6.26 Å². The Labute approximate surface area is 97.0 Å². The van der Waals surface area contributed by atoms with E-state index in [1.54, 1.807) is 0 Å². The molecule has 4 nitrogen and oxygen atoms in total. The van der Waals surface area contributed by atoms with Crippen LogP contribution in [0.1, 0.15) is 31.4 Å². The highest BCUT2D eigenvalue weighted by atomic mass is 32.2. The lowest BCUT2D eigenvalue weighted by atomic mass is 10.2. The van der Waals surface area contributed by atoms with Crippen LogP contribution in [0.3, 0.4) is 0 Å². The SMILES string of the molecule is CCc1ccc(C(C)NCCS(C)(=O)=O)o1. The van der Waals surface area contributed by atoms with Crippen LogP contribution in [0.15, 0.2) is 16.5 Å². The number of rotatable bonds is 6. The first kappa shape index (κ1) is 13.3. The number of aryl methyl sites for hydroxylation is 1. The standard InChI is InChI=1S/C11H19NO3S/c1-4-10-5-6-11(15-10)9(2)12-7-8-16(3,13)14/h5-6,9,12H,4,7-8H2,1-3H3. The van der Waals surface area contributed by atoms with Crippen LogP contribution in [0.25, 0.3) is 0 Å². The molecule has 1 rings (SSSR count). The molecule has 1 aromatic rings. The van der Waals surface area contributed by atoms with E-state index in [1.807, 2.05) is 26.0 Å². The third kappa shape index (κ3) is 4.37. The highest BCUT2D eigenvalue weighted by Crippen LogP contribution is 2.16. The van der Waals surface area contributed by atoms with Crippen LogP contribution in [-0.4, -0.2) is 27.0 Å². The van der Waals surface area contributed by atoms with Crippen molar-refractivity contribution in [1.29, 1.82) is 0 Å². The first-order chi connectivity index (χ1) is 7.42. The molecule has 5 heteroatoms. The van der Waals surface area contributed by atoms with E-state index in [9.17, 15) is 8.42 Å². The summed E-state index contributed by atoms with van der Waals surface area (Å²) in [5, 5.41) is 3.12. The van der Waals surface area contributed by atoms with E-state index < -0.39 is 9.84 Å². The molecule has 1 N–H and O–H groups in total. The maximum absolute atomic E-state index is 10.9. The Hall–Kier alpha value is -0.810. The largest absolute Gasteiger partial charge is 0.464 e. The zero-order valence-electron chi connectivity index (χ0n) is 9.99. The monoisotopic (exact) mass is 245 g/mol. The molecule has 0 bridgehead atoms. The zero-order valence-corrected chi connectivity index (χ0v) is 10.8. The van der Waals surface area contributed by atoms with Crippen molar-refractivity contribution in [2.75, 3.05) is 18.6 Å². The van der Waals surface area contributed by atoms with Crippen molar-refractivity contribution in [3.8, 4) is 0 Å². The maximum Gasteiger partial charge on any atom is 0.148 e. The average Bonchev–Trinajstić information content (AvgIpc) is 2.63. The van der Waals surface area contributed by atoms with Gasteiger partial charge >= 0.3 is 0 Å². The summed E-state index contributed by atoms with van der Waals surface area (Å²) < 4.78 is 27.4. The molecule has 1 unspecified atom stereocenters. The molecule has 0 aliphatic rings. The second kappa shape index (κ2) is 5.50. The molecule has 0 aliphatic heterocycles. The molecule has 16 heavy (non-hydrogen) atoms. The fourth-order valence-corrected chi connectivity index (χ4v) is 1.87. The van der Waals surface area contributed by atoms with Gasteiger partial charge in [0.05, 0.1) is 11.8 Å². The van der Waals surface area contributed by atoms with Crippen molar-refractivity contribution in [1.82, 2.24) is 5.32 Å². The van der Waals surface area contributed by atoms with Crippen molar-refractivity contribution in [3.05, 3.63) is 23.7 Å². The summed E-state index contributed by atoms with van der Waals surface area (Å²) in [5.41, 5.74) is 0. The van der Waals surface area contributed by atoms with Crippen molar-refractivity contribution >= 4 is 9.84 Å². The average molecular weight is 245 g/mol. The Balaban J connectivity index is 2.43. The number of furan rings is 1. The van der Waals surface area contributed by atoms with E-state index >= 15 is 0 Å². The summed E-state index contributed by atoms with van der Waals surface area (Å²) >= 11 is 0. The first-order valence-corrected chi connectivity index (χ1v) is 7.48. The quantitative estimate of drug-likeness (QED) is 0.826. The number of hydrogen-bond donors (Lipinski definition) is 1. The number of hydrogen-bond acceptors (Lipinski definition) is 4. The van der Waals surface area contributed by atoms with Gasteiger partial charge in [-0.1, -0.05) is 6.92 Å². The molecule has 1 aromatic heterocycles. The van der Waals surface area contributed by atoms with Gasteiger partial charge in [0.2, 0.25) is 0 Å². The van der Waals surface area contributed by atoms with Crippen LogP contribution in [0.2, 0.25) is 0 Å². The van der Waals surface area contributed by atoms with Gasteiger partial charge in [0.1, 0.15) is 21.4 Å². The molecular weight excluding hydrogens is 226 g/mol. The molecule has 1 atom stereocenters. The van der Waals surface area contributed by atoms with Crippen molar-refractivity contribution in [2.24, 2.45) is 0 Å². The van der Waals surface area contributed by atoms with Gasteiger partial charge in [0.25, 0.3) is 0 Å². The maximum atomic E-state index is 10.9. The van der Waals surface area contributed by atoms with E-state index in [0.717, 1.165) is 17.9 Å². The van der Waals surface area contributed by atoms with Crippen LogP contribution in [0.4, 0.5) is 0 Å². The minimum atomic E-state index is -2.89. The fourth-order valence-electron chi connectivity index (χ4n) is 1.38. The Morgan fingerprint density at radius 2 is 2.12 bits per heavy atom. The molecule has 0 aromatic carbocycles. The summed E-state index contributed by atoms with van der Waals surface area (Å²) in [6.45, 7) is 4.44. The third-order valence-electron chi connectivity index (χ3n) is 2.38. The normalized spacial score (nSPS) is 13.9. The second-order valence-corrected chi connectivity index (χ2v) is 6.22. The Kier molecular flexibility index (Phi) is 4.56. The molecule has 0 radical (unpaired) electrons. The fraction of sp³-hybridized carbons (Fsp3) is 0.636. The summed E-state index contributed by atoms with van der Waals surface area (Å²) in [5.74, 6) is 1.95. The minimum absolute atomic E-state index is 0.0436. The molecule has 0 spiro atoms. The highest BCUT2D eigenvalue weighted by Gasteiger charge is 2.10. The smallest absolute Gasteiger partial charge is 0.148 e. The van der Waals surface area contributed by atoms with Gasteiger partial charge in [-0.3, -0.25) is 0 Å². The lowest BCUT2D eigenvalue weighted by Gasteiger charge is -2.10. The summed E-state index contributed by atoms with van der Waals surface area (Å²) in [6.07, 6.45) is 2.11. The van der Waals surface area contributed by atoms with E-state index in [4.69, 9.17) is 4.42 Å². The Morgan fingerprint density at radius 3 is 2.62 bits per heavy atom. The van der Waals surface area contributed by atoms with Gasteiger partial charge in [-0.15, -0.1) is 0 Å². The van der Waals surface area contributed by atoms with Gasteiger partial charge in [0.15, 0.2) is 0 Å². The Bertz CT molecular complexity index is 422. The predicted octanol–water partition coefficient (Wildman–Crippen LogP) is 1.54. The third-order valence-corrected chi connectivity index (χ3v) is 3.33. The van der Waals surface area contributed by atoms with Crippen LogP contribution in [0.5, 0.6) is 0 Å². The van der Waals surface area contributed by atoms with E-state index in [0.29, 0.717) is 6.54 Å². The highest BCUT2D eigenvalue weighted by molar-refractivity contribution is 7.90. The summed E-state index contributed by atoms with van der Waals surface area (Å²) in [4.78, 5) is 0. The second-order valence-electron chi connectivity index (χ2n) is 3.96. The van der Waals surface area contributed by atoms with Gasteiger partial charge in [-0.25, -0.2) is 8.42 Å². The van der Waals surface area contributed by atoms with E-state index in [-0.39, 0.29) is 11.8 Å². The molecule has 0 fully saturated rings. The topological polar surface area (TPSA) is 59.3 Å². The molecule has 0 amide bonds.